The van der Waals surface area contributed by atoms with Crippen molar-refractivity contribution in [1.82, 2.24) is 9.78 Å². The van der Waals surface area contributed by atoms with E-state index in [-0.39, 0.29) is 5.41 Å². The van der Waals surface area contributed by atoms with Gasteiger partial charge >= 0.3 is 0 Å². The van der Waals surface area contributed by atoms with E-state index in [1.807, 2.05) is 30.1 Å². The molecule has 0 radical (unpaired) electrons. The summed E-state index contributed by atoms with van der Waals surface area (Å²) in [6.45, 7) is 7.05. The number of rotatable bonds is 2. The molecule has 0 saturated heterocycles. The van der Waals surface area contributed by atoms with E-state index < -0.39 is 0 Å². The zero-order valence-electron chi connectivity index (χ0n) is 9.41. The normalized spacial score (nSPS) is 12.6. The van der Waals surface area contributed by atoms with Gasteiger partial charge in [-0.15, -0.1) is 0 Å². The summed E-state index contributed by atoms with van der Waals surface area (Å²) in [5.74, 6) is 0. The van der Waals surface area contributed by atoms with Crippen LogP contribution in [0.25, 0.3) is 6.08 Å². The highest BCUT2D eigenvalue weighted by Gasteiger charge is 2.20. The molecule has 14 heavy (non-hydrogen) atoms. The summed E-state index contributed by atoms with van der Waals surface area (Å²) in [7, 11) is 1.94. The van der Waals surface area contributed by atoms with Gasteiger partial charge in [0.05, 0.1) is 5.69 Å². The van der Waals surface area contributed by atoms with Gasteiger partial charge in [-0.2, -0.15) is 5.10 Å². The molecule has 0 bridgehead atoms. The first-order valence-electron chi connectivity index (χ1n) is 4.86. The van der Waals surface area contributed by atoms with Crippen LogP contribution < -0.4 is 5.73 Å². The minimum atomic E-state index is 0.0789. The molecule has 0 unspecified atom stereocenters. The van der Waals surface area contributed by atoms with E-state index >= 15 is 0 Å². The second kappa shape index (κ2) is 3.96. The maximum atomic E-state index is 5.43. The first kappa shape index (κ1) is 11.0. The Bertz CT molecular complexity index is 329. The molecule has 0 saturated carbocycles. The molecule has 0 amide bonds. The summed E-state index contributed by atoms with van der Waals surface area (Å²) < 4.78 is 1.84. The van der Waals surface area contributed by atoms with Gasteiger partial charge in [0.1, 0.15) is 0 Å². The van der Waals surface area contributed by atoms with E-state index in [1.54, 1.807) is 0 Å². The van der Waals surface area contributed by atoms with E-state index in [0.29, 0.717) is 6.54 Å². The van der Waals surface area contributed by atoms with E-state index in [4.69, 9.17) is 5.73 Å². The number of nitrogens with zero attached hydrogens (tertiary/aromatic N) is 2. The Morgan fingerprint density at radius 1 is 1.50 bits per heavy atom. The quantitative estimate of drug-likeness (QED) is 0.776. The molecule has 0 fully saturated rings. The molecule has 0 atom stereocenters. The first-order valence-corrected chi connectivity index (χ1v) is 4.86. The SMILES string of the molecule is Cn1cc(/C=C/CN)c(C(C)(C)C)n1. The van der Waals surface area contributed by atoms with Crippen molar-refractivity contribution in [2.45, 2.75) is 26.2 Å². The molecule has 2 N–H and O–H groups in total. The average Bonchev–Trinajstić information content (AvgIpc) is 2.42. The third-order valence-corrected chi connectivity index (χ3v) is 2.00. The highest BCUT2D eigenvalue weighted by molar-refractivity contribution is 5.52. The van der Waals surface area contributed by atoms with E-state index in [2.05, 4.69) is 25.9 Å². The zero-order chi connectivity index (χ0) is 10.8. The number of aromatic nitrogens is 2. The lowest BCUT2D eigenvalue weighted by atomic mass is 9.89. The molecule has 0 aliphatic heterocycles. The highest BCUT2D eigenvalue weighted by atomic mass is 15.3. The van der Waals surface area contributed by atoms with Crippen LogP contribution in [-0.4, -0.2) is 16.3 Å². The minimum Gasteiger partial charge on any atom is -0.327 e. The van der Waals surface area contributed by atoms with Crippen LogP contribution in [0.2, 0.25) is 0 Å². The van der Waals surface area contributed by atoms with Crippen LogP contribution >= 0.6 is 0 Å². The Morgan fingerprint density at radius 2 is 2.14 bits per heavy atom. The predicted octanol–water partition coefficient (Wildman–Crippen LogP) is 1.69. The molecule has 0 aliphatic rings. The van der Waals surface area contributed by atoms with Crippen LogP contribution in [0.3, 0.4) is 0 Å². The van der Waals surface area contributed by atoms with E-state index in [0.717, 1.165) is 11.3 Å². The minimum absolute atomic E-state index is 0.0789. The standard InChI is InChI=1S/C11H19N3/c1-11(2,3)10-9(6-5-7-12)8-14(4)13-10/h5-6,8H,7,12H2,1-4H3/b6-5+. The van der Waals surface area contributed by atoms with Gasteiger partial charge in [0.25, 0.3) is 0 Å². The maximum absolute atomic E-state index is 5.43. The molecular weight excluding hydrogens is 174 g/mol. The van der Waals surface area contributed by atoms with Gasteiger partial charge in [-0.25, -0.2) is 0 Å². The summed E-state index contributed by atoms with van der Waals surface area (Å²) in [4.78, 5) is 0. The van der Waals surface area contributed by atoms with Crippen molar-refractivity contribution < 1.29 is 0 Å². The van der Waals surface area contributed by atoms with Crippen LogP contribution in [0.1, 0.15) is 32.0 Å². The molecule has 0 spiro atoms. The van der Waals surface area contributed by atoms with Crippen molar-refractivity contribution in [3.8, 4) is 0 Å². The number of aryl methyl sites for hydroxylation is 1. The molecule has 1 aromatic rings. The Morgan fingerprint density at radius 3 is 2.64 bits per heavy atom. The molecule has 1 aromatic heterocycles. The number of nitrogens with two attached hydrogens (primary N) is 1. The fraction of sp³-hybridized carbons (Fsp3) is 0.545. The monoisotopic (exact) mass is 193 g/mol. The van der Waals surface area contributed by atoms with Crippen LogP contribution in [0.15, 0.2) is 12.3 Å². The molecule has 78 valence electrons. The third kappa shape index (κ3) is 2.45. The predicted molar refractivity (Wildman–Crippen MR) is 60.0 cm³/mol. The third-order valence-electron chi connectivity index (χ3n) is 2.00. The van der Waals surface area contributed by atoms with Gasteiger partial charge < -0.3 is 5.73 Å². The second-order valence-electron chi connectivity index (χ2n) is 4.49. The Kier molecular flexibility index (Phi) is 3.11. The molecule has 1 heterocycles. The fourth-order valence-electron chi connectivity index (χ4n) is 1.41. The Hall–Kier alpha value is -1.09. The van der Waals surface area contributed by atoms with Gasteiger partial charge in [0.2, 0.25) is 0 Å². The fourth-order valence-corrected chi connectivity index (χ4v) is 1.41. The summed E-state index contributed by atoms with van der Waals surface area (Å²) in [5.41, 5.74) is 7.78. The Labute approximate surface area is 85.6 Å². The van der Waals surface area contributed by atoms with Crippen LogP contribution in [-0.2, 0) is 12.5 Å². The summed E-state index contributed by atoms with van der Waals surface area (Å²) in [6, 6.07) is 0. The number of hydrogen-bond acceptors (Lipinski definition) is 2. The second-order valence-corrected chi connectivity index (χ2v) is 4.49. The van der Waals surface area contributed by atoms with Crippen molar-refractivity contribution in [1.29, 1.82) is 0 Å². The van der Waals surface area contributed by atoms with E-state index in [9.17, 15) is 0 Å². The van der Waals surface area contributed by atoms with Crippen molar-refractivity contribution in [2.24, 2.45) is 12.8 Å². The van der Waals surface area contributed by atoms with Gasteiger partial charge in [0, 0.05) is 30.8 Å². The van der Waals surface area contributed by atoms with Crippen LogP contribution in [0.4, 0.5) is 0 Å². The molecular formula is C11H19N3. The van der Waals surface area contributed by atoms with Gasteiger partial charge in [0.15, 0.2) is 0 Å². The van der Waals surface area contributed by atoms with Crippen molar-refractivity contribution in [3.63, 3.8) is 0 Å². The maximum Gasteiger partial charge on any atom is 0.0750 e. The summed E-state index contributed by atoms with van der Waals surface area (Å²) >= 11 is 0. The lowest BCUT2D eigenvalue weighted by molar-refractivity contribution is 0.552. The lowest BCUT2D eigenvalue weighted by Crippen LogP contribution is -2.13. The average molecular weight is 193 g/mol. The van der Waals surface area contributed by atoms with Crippen molar-refractivity contribution >= 4 is 6.08 Å². The van der Waals surface area contributed by atoms with E-state index in [1.165, 1.54) is 0 Å². The van der Waals surface area contributed by atoms with Crippen LogP contribution in [0, 0.1) is 0 Å². The summed E-state index contributed by atoms with van der Waals surface area (Å²) in [5, 5.41) is 4.46. The first-order chi connectivity index (χ1) is 6.45. The lowest BCUT2D eigenvalue weighted by Gasteiger charge is -2.16. The van der Waals surface area contributed by atoms with Gasteiger partial charge in [-0.3, -0.25) is 4.68 Å². The Balaban J connectivity index is 3.09. The molecule has 3 heteroatoms. The highest BCUT2D eigenvalue weighted by Crippen LogP contribution is 2.24. The molecule has 3 nitrogen and oxygen atoms in total. The molecule has 0 aliphatic carbocycles. The smallest absolute Gasteiger partial charge is 0.0750 e. The largest absolute Gasteiger partial charge is 0.327 e. The van der Waals surface area contributed by atoms with Crippen molar-refractivity contribution in [2.75, 3.05) is 6.54 Å². The van der Waals surface area contributed by atoms with Crippen molar-refractivity contribution in [3.05, 3.63) is 23.5 Å². The number of hydrogen-bond donors (Lipinski definition) is 1. The molecule has 0 aromatic carbocycles. The van der Waals surface area contributed by atoms with Gasteiger partial charge in [-0.05, 0) is 0 Å². The summed E-state index contributed by atoms with van der Waals surface area (Å²) in [6.07, 6.45) is 6.01. The van der Waals surface area contributed by atoms with Crippen LogP contribution in [0.5, 0.6) is 0 Å². The topological polar surface area (TPSA) is 43.8 Å². The zero-order valence-corrected chi connectivity index (χ0v) is 9.41. The molecule has 1 rings (SSSR count). The van der Waals surface area contributed by atoms with Gasteiger partial charge in [-0.1, -0.05) is 32.9 Å².